The number of carbonyl (C=O) groups excluding carboxylic acids is 2. The fourth-order valence-electron chi connectivity index (χ4n) is 15.7. The first-order valence-electron chi connectivity index (χ1n) is 39.1. The van der Waals surface area contributed by atoms with Crippen molar-refractivity contribution in [3.63, 3.8) is 0 Å². The molecule has 0 radical (unpaired) electrons. The molecule has 6 saturated heterocycles. The van der Waals surface area contributed by atoms with E-state index in [2.05, 4.69) is 12.2 Å². The summed E-state index contributed by atoms with van der Waals surface area (Å²) in [5, 5.41) is 3.07. The SMILES string of the molecule is CC(=O)NC1[C@H](C)OC2COC(C)(C)O[C@@H]2[C@@H]1O[C@@H]1OC(C)[C@H](OCc2ccccc2)[C@@H](O[C@@H]2OC(C)[C@H](OCc3ccccc3)[C@@H](OCc3ccccc3)C2O[C@@H]2OC(C)[C@H](OCc3ccccc3)[C@@H](O[C@H]3O[C@H](COCc4ccccc4)[C@@H](OCc4ccccc4)C(OCc4ccccc4)C3C)C2C)C1OC(C)=O. The van der Waals surface area contributed by atoms with Gasteiger partial charge in [-0.1, -0.05) is 226 Å². The summed E-state index contributed by atoms with van der Waals surface area (Å²) in [5.74, 6) is -3.24. The van der Waals surface area contributed by atoms with Crippen molar-refractivity contribution in [3.8, 4) is 0 Å². The summed E-state index contributed by atoms with van der Waals surface area (Å²) in [6, 6.07) is 68.8. The number of fused-ring (bicyclic) bond motifs is 1. The number of nitrogens with one attached hydrogen (secondary N) is 1. The van der Waals surface area contributed by atoms with Crippen LogP contribution in [-0.2, 0) is 146 Å². The third kappa shape index (κ3) is 21.6. The number of carbonyl (C=O) groups is 2. The van der Waals surface area contributed by atoms with Crippen LogP contribution in [0.3, 0.4) is 0 Å². The molecule has 6 fully saturated rings. The highest BCUT2D eigenvalue weighted by Crippen LogP contribution is 2.44. The molecule has 13 rings (SSSR count). The fraction of sp³-hybridized carbons (Fsp3) is 0.506. The lowest BCUT2D eigenvalue weighted by Gasteiger charge is -2.53. The Balaban J connectivity index is 0.889. The molecule has 7 aromatic rings. The van der Waals surface area contributed by atoms with Gasteiger partial charge in [0, 0.05) is 25.7 Å². The molecular formula is C89H109NO21. The van der Waals surface area contributed by atoms with E-state index >= 15 is 0 Å². The summed E-state index contributed by atoms with van der Waals surface area (Å²) in [6.45, 7) is 19.8. The Kier molecular flexibility index (Phi) is 28.9. The summed E-state index contributed by atoms with van der Waals surface area (Å²) in [6.07, 6.45) is -20.5. The molecule has 111 heavy (non-hydrogen) atoms. The average molecular weight is 1530 g/mol. The van der Waals surface area contributed by atoms with Crippen LogP contribution in [0.2, 0.25) is 0 Å². The van der Waals surface area contributed by atoms with Crippen LogP contribution in [0.15, 0.2) is 212 Å². The third-order valence-corrected chi connectivity index (χ3v) is 21.4. The Bertz CT molecular complexity index is 3920. The maximum atomic E-state index is 14.0. The van der Waals surface area contributed by atoms with Crippen molar-refractivity contribution >= 4 is 11.9 Å². The van der Waals surface area contributed by atoms with Crippen LogP contribution in [0, 0.1) is 11.8 Å². The number of rotatable bonds is 32. The Morgan fingerprint density at radius 1 is 0.369 bits per heavy atom. The monoisotopic (exact) mass is 1530 g/mol. The van der Waals surface area contributed by atoms with Crippen LogP contribution in [0.5, 0.6) is 0 Å². The van der Waals surface area contributed by atoms with E-state index < -0.39 is 165 Å². The first-order valence-corrected chi connectivity index (χ1v) is 39.1. The Morgan fingerprint density at radius 3 is 1.17 bits per heavy atom. The molecule has 6 aliphatic rings. The second-order valence-corrected chi connectivity index (χ2v) is 30.3. The number of hydrogen-bond acceptors (Lipinski definition) is 21. The molecule has 22 heteroatoms. The molecular weight excluding hydrogens is 1420 g/mol. The normalized spacial score (nSPS) is 33.4. The van der Waals surface area contributed by atoms with E-state index in [9.17, 15) is 9.59 Å². The minimum absolute atomic E-state index is 0.0957. The van der Waals surface area contributed by atoms with E-state index in [0.717, 1.165) is 38.9 Å². The van der Waals surface area contributed by atoms with Gasteiger partial charge in [0.1, 0.15) is 67.1 Å². The summed E-state index contributed by atoms with van der Waals surface area (Å²) in [7, 11) is 0. The minimum atomic E-state index is -1.41. The molecule has 0 saturated carbocycles. The highest BCUT2D eigenvalue weighted by atomic mass is 16.8. The zero-order valence-electron chi connectivity index (χ0n) is 65.1. The molecule has 0 spiro atoms. The van der Waals surface area contributed by atoms with Gasteiger partial charge < -0.3 is 95.3 Å². The third-order valence-electron chi connectivity index (χ3n) is 21.4. The van der Waals surface area contributed by atoms with Gasteiger partial charge in [0.15, 0.2) is 37.1 Å². The van der Waals surface area contributed by atoms with E-state index in [4.69, 9.17) is 90.0 Å². The predicted octanol–water partition coefficient (Wildman–Crippen LogP) is 12.9. The molecule has 0 bridgehead atoms. The van der Waals surface area contributed by atoms with Gasteiger partial charge in [-0.15, -0.1) is 0 Å². The summed E-state index contributed by atoms with van der Waals surface area (Å²) in [4.78, 5) is 27.3. The molecule has 596 valence electrons. The smallest absolute Gasteiger partial charge is 0.303 e. The maximum absolute atomic E-state index is 14.0. The lowest BCUT2D eigenvalue weighted by atomic mass is 9.89. The lowest BCUT2D eigenvalue weighted by Crippen LogP contribution is -2.70. The van der Waals surface area contributed by atoms with Gasteiger partial charge in [-0.05, 0) is 80.5 Å². The van der Waals surface area contributed by atoms with Crippen molar-refractivity contribution < 1.29 is 99.6 Å². The van der Waals surface area contributed by atoms with Crippen molar-refractivity contribution in [2.24, 2.45) is 11.8 Å². The summed E-state index contributed by atoms with van der Waals surface area (Å²) >= 11 is 0. The Morgan fingerprint density at radius 2 is 0.721 bits per heavy atom. The molecule has 1 N–H and O–H groups in total. The molecule has 22 nitrogen and oxygen atoms in total. The molecule has 0 aliphatic carbocycles. The molecule has 6 aliphatic heterocycles. The van der Waals surface area contributed by atoms with Crippen molar-refractivity contribution in [3.05, 3.63) is 251 Å². The van der Waals surface area contributed by atoms with Crippen LogP contribution >= 0.6 is 0 Å². The topological polar surface area (TPSA) is 222 Å². The minimum Gasteiger partial charge on any atom is -0.454 e. The number of amides is 1. The van der Waals surface area contributed by atoms with Crippen LogP contribution < -0.4 is 5.32 Å². The molecule has 7 aromatic carbocycles. The summed E-state index contributed by atoms with van der Waals surface area (Å²) < 4.78 is 134. The number of benzene rings is 7. The van der Waals surface area contributed by atoms with Gasteiger partial charge in [-0.25, -0.2) is 0 Å². The van der Waals surface area contributed by atoms with E-state index in [0.29, 0.717) is 6.61 Å². The largest absolute Gasteiger partial charge is 0.454 e. The van der Waals surface area contributed by atoms with Crippen molar-refractivity contribution in [1.29, 1.82) is 0 Å². The number of ether oxygens (including phenoxy) is 19. The van der Waals surface area contributed by atoms with Crippen molar-refractivity contribution in [2.75, 3.05) is 13.2 Å². The molecule has 0 aromatic heterocycles. The van der Waals surface area contributed by atoms with Gasteiger partial charge in [-0.2, -0.15) is 0 Å². The van der Waals surface area contributed by atoms with Crippen LogP contribution in [0.4, 0.5) is 0 Å². The van der Waals surface area contributed by atoms with E-state index in [-0.39, 0.29) is 58.8 Å². The predicted molar refractivity (Wildman–Crippen MR) is 408 cm³/mol. The zero-order chi connectivity index (χ0) is 77.4. The van der Waals surface area contributed by atoms with E-state index in [1.165, 1.54) is 13.8 Å². The zero-order valence-corrected chi connectivity index (χ0v) is 65.1. The molecule has 25 atom stereocenters. The second kappa shape index (κ2) is 39.2. The van der Waals surface area contributed by atoms with Crippen LogP contribution in [0.1, 0.15) is 108 Å². The number of hydrogen-bond donors (Lipinski definition) is 1. The average Bonchev–Trinajstić information content (AvgIpc) is 0.767. The van der Waals surface area contributed by atoms with E-state index in [1.54, 1.807) is 13.8 Å². The van der Waals surface area contributed by atoms with Gasteiger partial charge in [0.05, 0.1) is 102 Å². The van der Waals surface area contributed by atoms with E-state index in [1.807, 2.05) is 247 Å². The van der Waals surface area contributed by atoms with Crippen molar-refractivity contribution in [1.82, 2.24) is 5.32 Å². The lowest BCUT2D eigenvalue weighted by molar-refractivity contribution is -0.402. The quantitative estimate of drug-likeness (QED) is 0.0387. The number of esters is 1. The van der Waals surface area contributed by atoms with Gasteiger partial charge >= 0.3 is 5.97 Å². The van der Waals surface area contributed by atoms with Crippen molar-refractivity contribution in [2.45, 2.75) is 262 Å². The van der Waals surface area contributed by atoms with Crippen LogP contribution in [0.25, 0.3) is 0 Å². The Hall–Kier alpha value is -7.24. The molecule has 6 heterocycles. The highest BCUT2D eigenvalue weighted by molar-refractivity contribution is 5.73. The fourth-order valence-corrected chi connectivity index (χ4v) is 15.7. The van der Waals surface area contributed by atoms with Crippen LogP contribution in [-0.4, -0.2) is 172 Å². The highest BCUT2D eigenvalue weighted by Gasteiger charge is 2.60. The first-order chi connectivity index (χ1) is 53.9. The summed E-state index contributed by atoms with van der Waals surface area (Å²) in [5.41, 5.74) is 6.57. The standard InChI is InChI=1S/C89H109NO21/c1-55-73(94-47-64-34-20-12-21-35-64)78(98-51-68-42-28-16-29-43-68)70(53-93-46-63-32-18-11-19-33-63)106-86(55)107-74-56(2)85(102-58(4)75(74)95-48-65-36-22-13-23-37-65)110-83-81(99-52-69-44-30-17-31-45-69)76(96-49-66-38-24-14-25-39-66)59(5)103-87(83)109-82-77(97-50-67-40-26-15-27-41-67)60(6)104-88(84(82)105-62(8)92)108-80-72(90-61(7)91)57(3)101-71-54-100-89(9,10)111-79(71)80/h11-45,55-60,70-88H,46-54H2,1-10H3,(H,90,91)/t55?,56?,57-,58?,59?,60?,70+,71?,72?,73?,74-,75-,76-,77-,78+,79-,80+,81+,82+,83?,84?,85-,86+,87-,88-/m0/s1. The van der Waals surface area contributed by atoms with Gasteiger partial charge in [-0.3, -0.25) is 9.59 Å². The Labute approximate surface area is 652 Å². The molecule has 10 unspecified atom stereocenters. The first kappa shape index (κ1) is 81.8. The van der Waals surface area contributed by atoms with Gasteiger partial charge in [0.2, 0.25) is 5.91 Å². The second-order valence-electron chi connectivity index (χ2n) is 30.3. The molecule has 1 amide bonds. The van der Waals surface area contributed by atoms with Gasteiger partial charge in [0.25, 0.3) is 0 Å². The maximum Gasteiger partial charge on any atom is 0.303 e.